The summed E-state index contributed by atoms with van der Waals surface area (Å²) >= 11 is 6.27. The molecule has 0 amide bonds. The minimum atomic E-state index is -0.411. The van der Waals surface area contributed by atoms with E-state index >= 15 is 0 Å². The molecule has 0 aliphatic rings. The van der Waals surface area contributed by atoms with Crippen LogP contribution in [0.4, 0.5) is 5.69 Å². The summed E-state index contributed by atoms with van der Waals surface area (Å²) in [5.74, 6) is -0.411. The molecule has 0 saturated carbocycles. The van der Waals surface area contributed by atoms with E-state index in [0.717, 1.165) is 23.4 Å². The molecule has 0 heterocycles. The van der Waals surface area contributed by atoms with E-state index in [9.17, 15) is 4.79 Å². The zero-order valence-electron chi connectivity index (χ0n) is 15.8. The molecule has 0 aliphatic carbocycles. The number of ether oxygens (including phenoxy) is 1. The van der Waals surface area contributed by atoms with Gasteiger partial charge in [0.2, 0.25) is 0 Å². The largest absolute Gasteiger partial charge is 0.462 e. The number of esters is 1. The van der Waals surface area contributed by atoms with Gasteiger partial charge in [-0.25, -0.2) is 9.79 Å². The summed E-state index contributed by atoms with van der Waals surface area (Å²) in [6.07, 6.45) is 2.42. The van der Waals surface area contributed by atoms with Crippen molar-refractivity contribution in [2.75, 3.05) is 20.2 Å². The first kappa shape index (κ1) is 20.0. The lowest BCUT2D eigenvalue weighted by Gasteiger charge is -2.11. The second-order valence-corrected chi connectivity index (χ2v) is 6.72. The Morgan fingerprint density at radius 3 is 2.58 bits per heavy atom. The van der Waals surface area contributed by atoms with Crippen molar-refractivity contribution < 1.29 is 9.53 Å². The normalized spacial score (nSPS) is 11.0. The maximum absolute atomic E-state index is 12.3. The highest BCUT2D eigenvalue weighted by Gasteiger charge is 2.14. The number of aliphatic imine (C=N–C) groups is 1. The third kappa shape index (κ3) is 5.60. The molecule has 0 unspecified atom stereocenters. The second kappa shape index (κ2) is 9.39. The van der Waals surface area contributed by atoms with Gasteiger partial charge in [0, 0.05) is 20.0 Å². The van der Waals surface area contributed by atoms with E-state index in [1.165, 1.54) is 5.56 Å². The molecule has 2 aromatic rings. The van der Waals surface area contributed by atoms with E-state index in [2.05, 4.69) is 4.99 Å². The van der Waals surface area contributed by atoms with Crippen molar-refractivity contribution in [3.05, 3.63) is 63.7 Å². The highest BCUT2D eigenvalue weighted by Crippen LogP contribution is 2.27. The maximum atomic E-state index is 12.3. The zero-order chi connectivity index (χ0) is 19.1. The lowest BCUT2D eigenvalue weighted by molar-refractivity contribution is 0.0509. The molecule has 0 radical (unpaired) electrons. The van der Waals surface area contributed by atoms with Crippen molar-refractivity contribution >= 4 is 29.6 Å². The molecule has 0 aromatic heterocycles. The standard InChI is InChI=1S/C21H25ClN2O2/c1-5-24(4)14-23-20-13-19(22)18(12-16(20)3)21(25)26-11-10-17-8-6-15(2)7-9-17/h6-9,12-14H,5,10-11H2,1-4H3. The molecule has 0 bridgehead atoms. The van der Waals surface area contributed by atoms with Crippen molar-refractivity contribution in [2.24, 2.45) is 4.99 Å². The van der Waals surface area contributed by atoms with Crippen LogP contribution in [0.25, 0.3) is 0 Å². The minimum absolute atomic E-state index is 0.318. The molecule has 0 N–H and O–H groups in total. The summed E-state index contributed by atoms with van der Waals surface area (Å²) in [5, 5.41) is 0.349. The SMILES string of the molecule is CCN(C)C=Nc1cc(Cl)c(C(=O)OCCc2ccc(C)cc2)cc1C. The van der Waals surface area contributed by atoms with Gasteiger partial charge in [-0.1, -0.05) is 41.4 Å². The number of nitrogens with zero attached hydrogens (tertiary/aromatic N) is 2. The fourth-order valence-electron chi connectivity index (χ4n) is 2.30. The Kier molecular flexibility index (Phi) is 7.22. The number of benzene rings is 2. The molecule has 0 spiro atoms. The molecule has 0 fully saturated rings. The summed E-state index contributed by atoms with van der Waals surface area (Å²) in [7, 11) is 1.94. The molecule has 26 heavy (non-hydrogen) atoms. The number of hydrogen-bond donors (Lipinski definition) is 0. The van der Waals surface area contributed by atoms with Crippen molar-refractivity contribution in [1.82, 2.24) is 4.90 Å². The minimum Gasteiger partial charge on any atom is -0.462 e. The van der Waals surface area contributed by atoms with Crippen molar-refractivity contribution in [2.45, 2.75) is 27.2 Å². The van der Waals surface area contributed by atoms with E-state index in [1.807, 2.05) is 57.0 Å². The highest BCUT2D eigenvalue weighted by atomic mass is 35.5. The van der Waals surface area contributed by atoms with Crippen LogP contribution in [-0.4, -0.2) is 37.4 Å². The lowest BCUT2D eigenvalue weighted by Crippen LogP contribution is -2.14. The molecule has 0 aliphatic heterocycles. The average Bonchev–Trinajstić information content (AvgIpc) is 2.63. The van der Waals surface area contributed by atoms with Gasteiger partial charge in [0.25, 0.3) is 0 Å². The molecule has 5 heteroatoms. The fraction of sp³-hybridized carbons (Fsp3) is 0.333. The Bertz CT molecular complexity index is 785. The predicted octanol–water partition coefficient (Wildman–Crippen LogP) is 4.97. The number of hydrogen-bond acceptors (Lipinski definition) is 3. The highest BCUT2D eigenvalue weighted by molar-refractivity contribution is 6.33. The van der Waals surface area contributed by atoms with Crippen LogP contribution in [0.5, 0.6) is 0 Å². The third-order valence-corrected chi connectivity index (χ3v) is 4.46. The number of carbonyl (C=O) groups is 1. The summed E-state index contributed by atoms with van der Waals surface area (Å²) < 4.78 is 5.38. The van der Waals surface area contributed by atoms with Gasteiger partial charge in [0.1, 0.15) is 0 Å². The third-order valence-electron chi connectivity index (χ3n) is 4.14. The first-order valence-electron chi connectivity index (χ1n) is 8.68. The summed E-state index contributed by atoms with van der Waals surface area (Å²) in [5.41, 5.74) is 4.33. The smallest absolute Gasteiger partial charge is 0.339 e. The molecule has 2 rings (SSSR count). The number of aryl methyl sites for hydroxylation is 2. The van der Waals surface area contributed by atoms with Gasteiger partial charge in [-0.3, -0.25) is 0 Å². The van der Waals surface area contributed by atoms with Crippen LogP contribution in [0.3, 0.4) is 0 Å². The molecule has 2 aromatic carbocycles. The Hall–Kier alpha value is -2.33. The van der Waals surface area contributed by atoms with Crippen LogP contribution in [0.1, 0.15) is 34.0 Å². The molecule has 0 atom stereocenters. The van der Waals surface area contributed by atoms with Gasteiger partial charge in [-0.05, 0) is 44.0 Å². The Labute approximate surface area is 160 Å². The van der Waals surface area contributed by atoms with Crippen LogP contribution in [0, 0.1) is 13.8 Å². The van der Waals surface area contributed by atoms with E-state index in [4.69, 9.17) is 16.3 Å². The summed E-state index contributed by atoms with van der Waals surface area (Å²) in [4.78, 5) is 18.7. The van der Waals surface area contributed by atoms with Crippen LogP contribution in [0.15, 0.2) is 41.4 Å². The van der Waals surface area contributed by atoms with Gasteiger partial charge in [-0.15, -0.1) is 0 Å². The van der Waals surface area contributed by atoms with Crippen LogP contribution >= 0.6 is 11.6 Å². The van der Waals surface area contributed by atoms with Gasteiger partial charge in [0.15, 0.2) is 0 Å². The summed E-state index contributed by atoms with van der Waals surface area (Å²) in [6, 6.07) is 11.6. The molecule has 4 nitrogen and oxygen atoms in total. The predicted molar refractivity (Wildman–Crippen MR) is 108 cm³/mol. The summed E-state index contributed by atoms with van der Waals surface area (Å²) in [6.45, 7) is 7.17. The first-order valence-corrected chi connectivity index (χ1v) is 9.05. The topological polar surface area (TPSA) is 41.9 Å². The van der Waals surface area contributed by atoms with Crippen molar-refractivity contribution in [1.29, 1.82) is 0 Å². The number of halogens is 1. The zero-order valence-corrected chi connectivity index (χ0v) is 16.5. The van der Waals surface area contributed by atoms with E-state index in [1.54, 1.807) is 18.5 Å². The Balaban J connectivity index is 2.01. The lowest BCUT2D eigenvalue weighted by atomic mass is 10.1. The van der Waals surface area contributed by atoms with Crippen molar-refractivity contribution in [3.63, 3.8) is 0 Å². The van der Waals surface area contributed by atoms with Crippen LogP contribution in [-0.2, 0) is 11.2 Å². The quantitative estimate of drug-likeness (QED) is 0.391. The van der Waals surface area contributed by atoms with E-state index in [0.29, 0.717) is 23.6 Å². The van der Waals surface area contributed by atoms with E-state index in [-0.39, 0.29) is 0 Å². The van der Waals surface area contributed by atoms with Gasteiger partial charge >= 0.3 is 5.97 Å². The van der Waals surface area contributed by atoms with E-state index < -0.39 is 5.97 Å². The Morgan fingerprint density at radius 1 is 1.23 bits per heavy atom. The monoisotopic (exact) mass is 372 g/mol. The maximum Gasteiger partial charge on any atom is 0.339 e. The number of rotatable bonds is 7. The molecular weight excluding hydrogens is 348 g/mol. The first-order chi connectivity index (χ1) is 12.4. The number of carbonyl (C=O) groups excluding carboxylic acids is 1. The van der Waals surface area contributed by atoms with Crippen molar-refractivity contribution in [3.8, 4) is 0 Å². The average molecular weight is 373 g/mol. The molecule has 138 valence electrons. The van der Waals surface area contributed by atoms with Gasteiger partial charge in [0.05, 0.1) is 29.2 Å². The van der Waals surface area contributed by atoms with Crippen LogP contribution in [0.2, 0.25) is 5.02 Å². The van der Waals surface area contributed by atoms with Gasteiger partial charge < -0.3 is 9.64 Å². The molecular formula is C21H25ClN2O2. The Morgan fingerprint density at radius 2 is 1.92 bits per heavy atom. The van der Waals surface area contributed by atoms with Gasteiger partial charge in [-0.2, -0.15) is 0 Å². The van der Waals surface area contributed by atoms with Crippen LogP contribution < -0.4 is 0 Å². The molecule has 0 saturated heterocycles. The fourth-order valence-corrected chi connectivity index (χ4v) is 2.54. The second-order valence-electron chi connectivity index (χ2n) is 6.31.